The lowest BCUT2D eigenvalue weighted by Gasteiger charge is -2.26. The zero-order valence-electron chi connectivity index (χ0n) is 16.1. The first-order valence-electron chi connectivity index (χ1n) is 10.2. The van der Waals surface area contributed by atoms with Gasteiger partial charge in [0.15, 0.2) is 0 Å². The van der Waals surface area contributed by atoms with E-state index in [4.69, 9.17) is 11.6 Å². The number of halogens is 2. The van der Waals surface area contributed by atoms with Crippen LogP contribution in [-0.2, 0) is 6.42 Å². The third-order valence-corrected chi connectivity index (χ3v) is 5.94. The van der Waals surface area contributed by atoms with Crippen molar-refractivity contribution in [3.05, 3.63) is 65.1 Å². The third kappa shape index (κ3) is 5.90. The lowest BCUT2D eigenvalue weighted by molar-refractivity contribution is 0.296. The maximum atomic E-state index is 13.6. The molecule has 3 rings (SSSR count). The zero-order valence-corrected chi connectivity index (χ0v) is 16.9. The van der Waals surface area contributed by atoms with Crippen molar-refractivity contribution < 1.29 is 4.39 Å². The van der Waals surface area contributed by atoms with Gasteiger partial charge in [0.2, 0.25) is 0 Å². The molecule has 0 amide bonds. The van der Waals surface area contributed by atoms with E-state index in [1.165, 1.54) is 56.6 Å². The summed E-state index contributed by atoms with van der Waals surface area (Å²) in [7, 11) is 0. The Balaban J connectivity index is 1.47. The van der Waals surface area contributed by atoms with E-state index >= 15 is 0 Å². The molecule has 27 heavy (non-hydrogen) atoms. The van der Waals surface area contributed by atoms with Gasteiger partial charge >= 0.3 is 0 Å². The number of aryl methyl sites for hydroxylation is 1. The molecule has 0 atom stereocenters. The standard InChI is InChI=1S/C24H29ClFN/c1-2-3-4-5-18-6-8-19(9-7-18)10-11-20-12-15-24(27-17-20)21-13-14-22(25)23(26)16-21/h4-5,12-19H,2-3,6-11H2,1H3/t18-,19-. The lowest BCUT2D eigenvalue weighted by Crippen LogP contribution is -2.13. The molecule has 0 saturated heterocycles. The van der Waals surface area contributed by atoms with E-state index in [0.29, 0.717) is 0 Å². The fourth-order valence-electron chi connectivity index (χ4n) is 3.89. The maximum absolute atomic E-state index is 13.6. The first-order valence-corrected chi connectivity index (χ1v) is 10.6. The van der Waals surface area contributed by atoms with E-state index in [1.54, 1.807) is 12.1 Å². The summed E-state index contributed by atoms with van der Waals surface area (Å²) < 4.78 is 13.6. The molecule has 0 unspecified atom stereocenters. The van der Waals surface area contributed by atoms with Crippen LogP contribution >= 0.6 is 11.6 Å². The van der Waals surface area contributed by atoms with Crippen molar-refractivity contribution in [1.82, 2.24) is 4.98 Å². The molecule has 0 spiro atoms. The van der Waals surface area contributed by atoms with Crippen LogP contribution < -0.4 is 0 Å². The smallest absolute Gasteiger partial charge is 0.142 e. The predicted octanol–water partition coefficient (Wildman–Crippen LogP) is 7.64. The number of hydrogen-bond donors (Lipinski definition) is 0. The molecule has 0 aliphatic heterocycles. The number of hydrogen-bond acceptors (Lipinski definition) is 1. The van der Waals surface area contributed by atoms with Crippen LogP contribution in [0.4, 0.5) is 4.39 Å². The predicted molar refractivity (Wildman–Crippen MR) is 112 cm³/mol. The summed E-state index contributed by atoms with van der Waals surface area (Å²) in [6.07, 6.45) is 16.9. The van der Waals surface area contributed by atoms with Crippen LogP contribution in [0.15, 0.2) is 48.7 Å². The van der Waals surface area contributed by atoms with Gasteiger partial charge in [0.05, 0.1) is 10.7 Å². The molecular formula is C24H29ClFN. The fraction of sp³-hybridized carbons (Fsp3) is 0.458. The van der Waals surface area contributed by atoms with Crippen LogP contribution in [0.2, 0.25) is 5.02 Å². The summed E-state index contributed by atoms with van der Waals surface area (Å²) in [6, 6.07) is 8.93. The molecule has 1 nitrogen and oxygen atoms in total. The number of unbranched alkanes of at least 4 members (excludes halogenated alkanes) is 1. The summed E-state index contributed by atoms with van der Waals surface area (Å²) in [5.41, 5.74) is 2.81. The largest absolute Gasteiger partial charge is 0.256 e. The molecule has 3 heteroatoms. The van der Waals surface area contributed by atoms with Crippen molar-refractivity contribution in [2.75, 3.05) is 0 Å². The number of benzene rings is 1. The van der Waals surface area contributed by atoms with Crippen molar-refractivity contribution in [2.24, 2.45) is 11.8 Å². The van der Waals surface area contributed by atoms with Crippen LogP contribution in [0.25, 0.3) is 11.3 Å². The van der Waals surface area contributed by atoms with E-state index in [-0.39, 0.29) is 5.02 Å². The quantitative estimate of drug-likeness (QED) is 0.446. The van der Waals surface area contributed by atoms with Crippen LogP contribution in [0.5, 0.6) is 0 Å². The highest BCUT2D eigenvalue weighted by atomic mass is 35.5. The number of aromatic nitrogens is 1. The first-order chi connectivity index (χ1) is 13.2. The molecule has 2 aromatic rings. The van der Waals surface area contributed by atoms with Crippen LogP contribution in [0, 0.1) is 17.7 Å². The van der Waals surface area contributed by atoms with Gasteiger partial charge in [0, 0.05) is 11.8 Å². The van der Waals surface area contributed by atoms with Crippen molar-refractivity contribution in [3.8, 4) is 11.3 Å². The molecule has 1 heterocycles. The van der Waals surface area contributed by atoms with Crippen molar-refractivity contribution >= 4 is 11.6 Å². The summed E-state index contributed by atoms with van der Waals surface area (Å²) in [5.74, 6) is 1.24. The Bertz CT molecular complexity index is 745. The Labute approximate surface area is 167 Å². The van der Waals surface area contributed by atoms with E-state index in [0.717, 1.165) is 29.5 Å². The molecule has 1 fully saturated rings. The normalized spacial score (nSPS) is 20.3. The summed E-state index contributed by atoms with van der Waals surface area (Å²) in [5, 5.41) is 0.144. The Kier molecular flexibility index (Phi) is 7.46. The van der Waals surface area contributed by atoms with Crippen molar-refractivity contribution in [1.29, 1.82) is 0 Å². The van der Waals surface area contributed by atoms with E-state index in [2.05, 4.69) is 30.1 Å². The number of allylic oxidation sites excluding steroid dienone is 2. The van der Waals surface area contributed by atoms with E-state index in [9.17, 15) is 4.39 Å². The van der Waals surface area contributed by atoms with Crippen LogP contribution in [0.3, 0.4) is 0 Å². The highest BCUT2D eigenvalue weighted by Gasteiger charge is 2.19. The molecule has 0 bridgehead atoms. The summed E-state index contributed by atoms with van der Waals surface area (Å²) >= 11 is 5.75. The van der Waals surface area contributed by atoms with Crippen molar-refractivity contribution in [3.63, 3.8) is 0 Å². The van der Waals surface area contributed by atoms with Gasteiger partial charge in [-0.3, -0.25) is 4.98 Å². The van der Waals surface area contributed by atoms with E-state index in [1.807, 2.05) is 12.3 Å². The second-order valence-electron chi connectivity index (χ2n) is 7.72. The molecule has 0 N–H and O–H groups in total. The van der Waals surface area contributed by atoms with Gasteiger partial charge in [0.25, 0.3) is 0 Å². The highest BCUT2D eigenvalue weighted by Crippen LogP contribution is 2.32. The number of rotatable bonds is 7. The Morgan fingerprint density at radius 1 is 1.15 bits per heavy atom. The minimum Gasteiger partial charge on any atom is -0.256 e. The van der Waals surface area contributed by atoms with Gasteiger partial charge < -0.3 is 0 Å². The van der Waals surface area contributed by atoms with Gasteiger partial charge in [0.1, 0.15) is 5.82 Å². The Hall–Kier alpha value is -1.67. The summed E-state index contributed by atoms with van der Waals surface area (Å²) in [4.78, 5) is 4.52. The topological polar surface area (TPSA) is 12.9 Å². The van der Waals surface area contributed by atoms with Crippen LogP contribution in [-0.4, -0.2) is 4.98 Å². The average Bonchev–Trinajstić information content (AvgIpc) is 2.70. The van der Waals surface area contributed by atoms with Gasteiger partial charge in [-0.25, -0.2) is 4.39 Å². The molecule has 0 radical (unpaired) electrons. The molecule has 1 aromatic heterocycles. The molecular weight excluding hydrogens is 357 g/mol. The van der Waals surface area contributed by atoms with Crippen molar-refractivity contribution in [2.45, 2.75) is 58.3 Å². The Morgan fingerprint density at radius 3 is 2.63 bits per heavy atom. The highest BCUT2D eigenvalue weighted by molar-refractivity contribution is 6.30. The monoisotopic (exact) mass is 385 g/mol. The fourth-order valence-corrected chi connectivity index (χ4v) is 4.01. The third-order valence-electron chi connectivity index (χ3n) is 5.64. The van der Waals surface area contributed by atoms with Gasteiger partial charge in [-0.05, 0) is 80.5 Å². The van der Waals surface area contributed by atoms with Gasteiger partial charge in [-0.15, -0.1) is 0 Å². The Morgan fingerprint density at radius 2 is 1.96 bits per heavy atom. The number of pyridine rings is 1. The maximum Gasteiger partial charge on any atom is 0.142 e. The SMILES string of the molecule is CCCC=C[C@H]1CC[C@H](CCc2ccc(-c3ccc(Cl)c(F)c3)nc2)CC1. The van der Waals surface area contributed by atoms with Gasteiger partial charge in [-0.2, -0.15) is 0 Å². The first kappa shape index (κ1) is 20.1. The zero-order chi connectivity index (χ0) is 19.1. The molecule has 1 aliphatic carbocycles. The second kappa shape index (κ2) is 10.0. The molecule has 1 aromatic carbocycles. The molecule has 144 valence electrons. The van der Waals surface area contributed by atoms with Gasteiger partial charge in [-0.1, -0.05) is 49.2 Å². The molecule has 1 aliphatic rings. The molecule has 1 saturated carbocycles. The number of nitrogens with zero attached hydrogens (tertiary/aromatic N) is 1. The second-order valence-corrected chi connectivity index (χ2v) is 8.12. The van der Waals surface area contributed by atoms with E-state index < -0.39 is 5.82 Å². The minimum absolute atomic E-state index is 0.144. The summed E-state index contributed by atoms with van der Waals surface area (Å²) in [6.45, 7) is 2.23. The average molecular weight is 386 g/mol. The van der Waals surface area contributed by atoms with Crippen LogP contribution in [0.1, 0.15) is 57.4 Å². The lowest BCUT2D eigenvalue weighted by atomic mass is 9.79. The minimum atomic E-state index is -0.403.